The van der Waals surface area contributed by atoms with Crippen LogP contribution in [0.4, 0.5) is 4.39 Å². The third-order valence-electron chi connectivity index (χ3n) is 2.31. The molecule has 0 unspecified atom stereocenters. The molecule has 1 aromatic rings. The number of carbonyl (C=O) groups excluding carboxylic acids is 1. The van der Waals surface area contributed by atoms with Gasteiger partial charge < -0.3 is 10.4 Å². The second-order valence-electron chi connectivity index (χ2n) is 4.61. The number of hydrogen-bond donors (Lipinski definition) is 2. The largest absolute Gasteiger partial charge is 0.507 e. The van der Waals surface area contributed by atoms with Gasteiger partial charge in [-0.25, -0.2) is 4.39 Å². The van der Waals surface area contributed by atoms with Gasteiger partial charge in [0.05, 0.1) is 0 Å². The van der Waals surface area contributed by atoms with Gasteiger partial charge in [-0.2, -0.15) is 0 Å². The normalized spacial score (nSPS) is 11.3. The Kier molecular flexibility index (Phi) is 4.51. The number of rotatable bonds is 4. The highest BCUT2D eigenvalue weighted by Crippen LogP contribution is 2.21. The molecular weight excluding hydrogens is 289 g/mol. The van der Waals surface area contributed by atoms with Gasteiger partial charge in [0, 0.05) is 11.9 Å². The fourth-order valence-corrected chi connectivity index (χ4v) is 1.39. The molecule has 0 atom stereocenters. The monoisotopic (exact) mass is 303 g/mol. The fraction of sp³-hybridized carbons (Fsp3) is 0.417. The second-order valence-corrected chi connectivity index (χ2v) is 5.18. The topological polar surface area (TPSA) is 49.3 Å². The van der Waals surface area contributed by atoms with Crippen LogP contribution in [-0.4, -0.2) is 22.9 Å². The van der Waals surface area contributed by atoms with Gasteiger partial charge in [0.2, 0.25) is 0 Å². The smallest absolute Gasteiger partial charge is 0.258 e. The molecule has 0 heterocycles. The van der Waals surface area contributed by atoms with Crippen molar-refractivity contribution in [2.45, 2.75) is 13.8 Å². The van der Waals surface area contributed by atoms with E-state index >= 15 is 0 Å². The summed E-state index contributed by atoms with van der Waals surface area (Å²) in [4.78, 5) is 11.7. The number of amides is 1. The first-order valence-electron chi connectivity index (χ1n) is 5.19. The number of phenolic OH excluding ortho intramolecular Hbond substituents is 1. The number of aromatic hydroxyl groups is 1. The van der Waals surface area contributed by atoms with E-state index in [-0.39, 0.29) is 16.7 Å². The van der Waals surface area contributed by atoms with Crippen molar-refractivity contribution in [1.29, 1.82) is 0 Å². The average Bonchev–Trinajstić information content (AvgIpc) is 2.26. The molecule has 0 radical (unpaired) electrons. The molecule has 0 fully saturated rings. The predicted molar refractivity (Wildman–Crippen MR) is 68.0 cm³/mol. The van der Waals surface area contributed by atoms with Gasteiger partial charge in [0.25, 0.3) is 5.91 Å². The zero-order chi connectivity index (χ0) is 13.1. The van der Waals surface area contributed by atoms with Crippen LogP contribution in [0, 0.1) is 11.2 Å². The van der Waals surface area contributed by atoms with E-state index in [4.69, 9.17) is 0 Å². The summed E-state index contributed by atoms with van der Waals surface area (Å²) in [5, 5.41) is 12.8. The molecule has 3 nitrogen and oxygen atoms in total. The number of halogens is 2. The van der Waals surface area contributed by atoms with Crippen LogP contribution in [-0.2, 0) is 0 Å². The van der Waals surface area contributed by atoms with Crippen LogP contribution in [0.15, 0.2) is 18.2 Å². The van der Waals surface area contributed by atoms with E-state index in [9.17, 15) is 14.3 Å². The van der Waals surface area contributed by atoms with Crippen LogP contribution in [0.25, 0.3) is 0 Å². The predicted octanol–water partition coefficient (Wildman–Crippen LogP) is 2.68. The summed E-state index contributed by atoms with van der Waals surface area (Å²) in [5.41, 5.74) is -0.436. The summed E-state index contributed by atoms with van der Waals surface area (Å²) in [6, 6.07) is 3.78. The maximum atomic E-state index is 13.4. The molecular formula is C12H15BrFNO2. The lowest BCUT2D eigenvalue weighted by atomic mass is 9.96. The Morgan fingerprint density at radius 3 is 2.71 bits per heavy atom. The third kappa shape index (κ3) is 3.70. The first-order valence-corrected chi connectivity index (χ1v) is 6.31. The van der Waals surface area contributed by atoms with Gasteiger partial charge >= 0.3 is 0 Å². The van der Waals surface area contributed by atoms with E-state index in [2.05, 4.69) is 21.2 Å². The average molecular weight is 304 g/mol. The van der Waals surface area contributed by atoms with Crippen LogP contribution >= 0.6 is 15.9 Å². The van der Waals surface area contributed by atoms with E-state index in [1.165, 1.54) is 12.1 Å². The molecule has 0 aliphatic carbocycles. The van der Waals surface area contributed by atoms with Crippen LogP contribution in [0.1, 0.15) is 24.2 Å². The number of phenols is 1. The molecule has 0 spiro atoms. The lowest BCUT2D eigenvalue weighted by Crippen LogP contribution is -2.35. The summed E-state index contributed by atoms with van der Waals surface area (Å²) < 4.78 is 13.4. The van der Waals surface area contributed by atoms with Crippen molar-refractivity contribution in [2.75, 3.05) is 11.9 Å². The van der Waals surface area contributed by atoms with Crippen molar-refractivity contribution in [2.24, 2.45) is 5.41 Å². The lowest BCUT2D eigenvalue weighted by molar-refractivity contribution is 0.0933. The molecule has 1 aromatic carbocycles. The number of alkyl halides is 1. The lowest BCUT2D eigenvalue weighted by Gasteiger charge is -2.22. The number of hydrogen-bond acceptors (Lipinski definition) is 2. The van der Waals surface area contributed by atoms with Crippen LogP contribution in [0.5, 0.6) is 5.75 Å². The summed E-state index contributed by atoms with van der Waals surface area (Å²) in [6.45, 7) is 4.32. The molecule has 0 saturated heterocycles. The van der Waals surface area contributed by atoms with Crippen molar-refractivity contribution < 1.29 is 14.3 Å². The molecule has 0 aliphatic heterocycles. The minimum atomic E-state index is -0.723. The van der Waals surface area contributed by atoms with Gasteiger partial charge in [-0.15, -0.1) is 0 Å². The van der Waals surface area contributed by atoms with Crippen molar-refractivity contribution in [1.82, 2.24) is 5.32 Å². The molecule has 0 aromatic heterocycles. The van der Waals surface area contributed by atoms with E-state index < -0.39 is 11.7 Å². The van der Waals surface area contributed by atoms with Crippen molar-refractivity contribution in [3.8, 4) is 5.75 Å². The number of benzene rings is 1. The van der Waals surface area contributed by atoms with Crippen molar-refractivity contribution in [3.63, 3.8) is 0 Å². The van der Waals surface area contributed by atoms with E-state index in [1.807, 2.05) is 13.8 Å². The Morgan fingerprint density at radius 2 is 2.18 bits per heavy atom. The summed E-state index contributed by atoms with van der Waals surface area (Å²) in [7, 11) is 0. The fourth-order valence-electron chi connectivity index (χ4n) is 1.19. The Labute approximate surface area is 108 Å². The highest BCUT2D eigenvalue weighted by Gasteiger charge is 2.20. The molecule has 1 amide bonds. The van der Waals surface area contributed by atoms with E-state index in [0.29, 0.717) is 11.9 Å². The minimum absolute atomic E-state index is 0.128. The maximum Gasteiger partial charge on any atom is 0.258 e. The number of carbonyl (C=O) groups is 1. The summed E-state index contributed by atoms with van der Waals surface area (Å²) >= 11 is 3.33. The molecule has 2 N–H and O–H groups in total. The van der Waals surface area contributed by atoms with E-state index in [1.54, 1.807) is 0 Å². The molecule has 0 saturated carbocycles. The third-order valence-corrected chi connectivity index (χ3v) is 3.83. The molecule has 0 aliphatic rings. The maximum absolute atomic E-state index is 13.4. The number of nitrogens with one attached hydrogen (secondary N) is 1. The zero-order valence-electron chi connectivity index (χ0n) is 9.76. The Bertz CT molecular complexity index is 401. The van der Waals surface area contributed by atoms with Crippen LogP contribution in [0.2, 0.25) is 0 Å². The van der Waals surface area contributed by atoms with Crippen LogP contribution in [0.3, 0.4) is 0 Å². The van der Waals surface area contributed by atoms with Gasteiger partial charge in [-0.1, -0.05) is 35.8 Å². The first kappa shape index (κ1) is 14.0. The Balaban J connectivity index is 2.78. The molecule has 94 valence electrons. The van der Waals surface area contributed by atoms with Gasteiger partial charge in [-0.3, -0.25) is 4.79 Å². The van der Waals surface area contributed by atoms with Gasteiger partial charge in [0.1, 0.15) is 17.1 Å². The Hall–Kier alpha value is -1.10. The summed E-state index contributed by atoms with van der Waals surface area (Å²) in [6.07, 6.45) is 0. The van der Waals surface area contributed by atoms with Gasteiger partial charge in [0.15, 0.2) is 0 Å². The Morgan fingerprint density at radius 1 is 1.53 bits per heavy atom. The minimum Gasteiger partial charge on any atom is -0.507 e. The van der Waals surface area contributed by atoms with Crippen molar-refractivity contribution >= 4 is 21.8 Å². The SMILES string of the molecule is CC(C)(CBr)CNC(=O)c1c(O)cccc1F. The quantitative estimate of drug-likeness (QED) is 0.840. The zero-order valence-corrected chi connectivity index (χ0v) is 11.3. The van der Waals surface area contributed by atoms with E-state index in [0.717, 1.165) is 6.07 Å². The molecule has 5 heteroatoms. The molecule has 0 bridgehead atoms. The molecule has 1 rings (SSSR count). The standard InChI is InChI=1S/C12H15BrFNO2/c1-12(2,6-13)7-15-11(17)10-8(14)4-3-5-9(10)16/h3-5,16H,6-7H2,1-2H3,(H,15,17). The first-order chi connectivity index (χ1) is 7.87. The highest BCUT2D eigenvalue weighted by molar-refractivity contribution is 9.09. The van der Waals surface area contributed by atoms with Crippen LogP contribution < -0.4 is 5.32 Å². The second kappa shape index (κ2) is 5.49. The van der Waals surface area contributed by atoms with Crippen molar-refractivity contribution in [3.05, 3.63) is 29.6 Å². The highest BCUT2D eigenvalue weighted by atomic mass is 79.9. The molecule has 17 heavy (non-hydrogen) atoms. The summed E-state index contributed by atoms with van der Waals surface area (Å²) in [5.74, 6) is -1.67. The van der Waals surface area contributed by atoms with Gasteiger partial charge in [-0.05, 0) is 17.5 Å².